The monoisotopic (exact) mass is 390 g/mol. The molecule has 154 valence electrons. The number of amides is 2. The molecule has 2 amide bonds. The predicted octanol–water partition coefficient (Wildman–Crippen LogP) is 2.13. The van der Waals surface area contributed by atoms with Gasteiger partial charge in [-0.05, 0) is 43.4 Å². The highest BCUT2D eigenvalue weighted by Gasteiger charge is 2.25. The van der Waals surface area contributed by atoms with Crippen LogP contribution in [0.4, 0.5) is 0 Å². The Labute approximate surface area is 166 Å². The number of carbonyl (C=O) groups excluding carboxylic acids is 2. The summed E-state index contributed by atoms with van der Waals surface area (Å²) in [6, 6.07) is 5.70. The molecule has 0 spiro atoms. The van der Waals surface area contributed by atoms with Crippen molar-refractivity contribution >= 4 is 11.8 Å². The molecule has 0 aromatic heterocycles. The zero-order valence-electron chi connectivity index (χ0n) is 16.7. The number of nitrogens with zero attached hydrogens (tertiary/aromatic N) is 1. The molecule has 7 heteroatoms. The van der Waals surface area contributed by atoms with Crippen molar-refractivity contribution in [2.24, 2.45) is 5.92 Å². The molecule has 1 atom stereocenters. The van der Waals surface area contributed by atoms with E-state index in [0.29, 0.717) is 50.6 Å². The zero-order valence-corrected chi connectivity index (χ0v) is 16.7. The number of hydrogen-bond donors (Lipinski definition) is 1. The molecule has 1 aromatic carbocycles. The molecule has 7 nitrogen and oxygen atoms in total. The van der Waals surface area contributed by atoms with E-state index >= 15 is 0 Å². The van der Waals surface area contributed by atoms with Crippen molar-refractivity contribution in [1.82, 2.24) is 10.2 Å². The number of carbonyl (C=O) groups is 2. The highest BCUT2D eigenvalue weighted by molar-refractivity contribution is 5.79. The van der Waals surface area contributed by atoms with E-state index in [9.17, 15) is 9.59 Å². The first kappa shape index (κ1) is 20.5. The molecule has 0 radical (unpaired) electrons. The van der Waals surface area contributed by atoms with E-state index in [4.69, 9.17) is 14.2 Å². The van der Waals surface area contributed by atoms with Gasteiger partial charge in [0.25, 0.3) is 0 Å². The summed E-state index contributed by atoms with van der Waals surface area (Å²) in [7, 11) is 1.61. The van der Waals surface area contributed by atoms with Crippen LogP contribution in [0.15, 0.2) is 18.2 Å². The van der Waals surface area contributed by atoms with E-state index in [1.54, 1.807) is 18.9 Å². The van der Waals surface area contributed by atoms with Gasteiger partial charge in [-0.3, -0.25) is 9.59 Å². The van der Waals surface area contributed by atoms with Gasteiger partial charge in [0.15, 0.2) is 11.5 Å². The minimum Gasteiger partial charge on any atom is -0.493 e. The van der Waals surface area contributed by atoms with E-state index in [2.05, 4.69) is 5.32 Å². The summed E-state index contributed by atoms with van der Waals surface area (Å²) in [5, 5.41) is 3.00. The van der Waals surface area contributed by atoms with Gasteiger partial charge in [0, 0.05) is 39.1 Å². The Morgan fingerprint density at radius 3 is 2.64 bits per heavy atom. The summed E-state index contributed by atoms with van der Waals surface area (Å²) in [4.78, 5) is 25.6. The Kier molecular flexibility index (Phi) is 7.14. The molecule has 0 aliphatic carbocycles. The van der Waals surface area contributed by atoms with Gasteiger partial charge in [0.05, 0.1) is 13.2 Å². The summed E-state index contributed by atoms with van der Waals surface area (Å²) in [6.07, 6.45) is 3.68. The topological polar surface area (TPSA) is 77.1 Å². The maximum Gasteiger partial charge on any atom is 0.223 e. The summed E-state index contributed by atoms with van der Waals surface area (Å²) >= 11 is 0. The molecule has 2 aliphatic heterocycles. The number of rotatable bonds is 7. The number of methoxy groups -OCH3 is 1. The first-order valence-electron chi connectivity index (χ1n) is 10.0. The van der Waals surface area contributed by atoms with Gasteiger partial charge in [-0.15, -0.1) is 0 Å². The Morgan fingerprint density at radius 2 is 2.00 bits per heavy atom. The minimum atomic E-state index is -0.0356. The van der Waals surface area contributed by atoms with Crippen LogP contribution in [0, 0.1) is 5.92 Å². The normalized spacial score (nSPS) is 20.1. The summed E-state index contributed by atoms with van der Waals surface area (Å²) < 4.78 is 16.9. The van der Waals surface area contributed by atoms with Crippen LogP contribution in [0.1, 0.15) is 38.2 Å². The molecule has 0 saturated carbocycles. The molecule has 3 rings (SSSR count). The first-order valence-corrected chi connectivity index (χ1v) is 10.0. The van der Waals surface area contributed by atoms with Crippen molar-refractivity contribution in [3.8, 4) is 11.5 Å². The van der Waals surface area contributed by atoms with Crippen molar-refractivity contribution in [1.29, 1.82) is 0 Å². The molecular weight excluding hydrogens is 360 g/mol. The molecule has 2 heterocycles. The largest absolute Gasteiger partial charge is 0.493 e. The van der Waals surface area contributed by atoms with Crippen molar-refractivity contribution in [2.75, 3.05) is 33.4 Å². The van der Waals surface area contributed by atoms with Gasteiger partial charge >= 0.3 is 0 Å². The van der Waals surface area contributed by atoms with Crippen molar-refractivity contribution < 1.29 is 23.8 Å². The smallest absolute Gasteiger partial charge is 0.223 e. The third kappa shape index (κ3) is 5.38. The van der Waals surface area contributed by atoms with Crippen LogP contribution in [0.2, 0.25) is 0 Å². The second-order valence-corrected chi connectivity index (χ2v) is 7.43. The van der Waals surface area contributed by atoms with Gasteiger partial charge < -0.3 is 24.4 Å². The van der Waals surface area contributed by atoms with Gasteiger partial charge in [-0.1, -0.05) is 6.07 Å². The molecule has 28 heavy (non-hydrogen) atoms. The summed E-state index contributed by atoms with van der Waals surface area (Å²) in [6.45, 7) is 4.63. The molecule has 0 unspecified atom stereocenters. The fourth-order valence-electron chi connectivity index (χ4n) is 3.69. The van der Waals surface area contributed by atoms with Gasteiger partial charge in [-0.2, -0.15) is 0 Å². The van der Waals surface area contributed by atoms with E-state index in [1.165, 1.54) is 0 Å². The maximum atomic E-state index is 12.4. The number of nitrogens with one attached hydrogen (secondary N) is 1. The van der Waals surface area contributed by atoms with E-state index in [-0.39, 0.29) is 23.8 Å². The number of piperidine rings is 1. The van der Waals surface area contributed by atoms with Crippen LogP contribution in [0.25, 0.3) is 0 Å². The number of ether oxygens (including phenoxy) is 3. The zero-order chi connectivity index (χ0) is 19.9. The number of likely N-dealkylation sites (tertiary alicyclic amines) is 1. The SMILES string of the molecule is COc1cc(CNC(=O)C2CCN(C(C)=O)CC2)ccc1OC[C@@H]1CCCO1. The van der Waals surface area contributed by atoms with Crippen LogP contribution >= 0.6 is 0 Å². The van der Waals surface area contributed by atoms with Crippen LogP contribution in [0.5, 0.6) is 11.5 Å². The first-order chi connectivity index (χ1) is 13.6. The Bertz CT molecular complexity index is 679. The van der Waals surface area contributed by atoms with Crippen LogP contribution in [-0.2, 0) is 20.9 Å². The average molecular weight is 390 g/mol. The minimum absolute atomic E-state index is 0.0356. The van der Waals surface area contributed by atoms with E-state index in [0.717, 1.165) is 25.0 Å². The molecule has 2 aliphatic rings. The van der Waals surface area contributed by atoms with E-state index in [1.807, 2.05) is 18.2 Å². The van der Waals surface area contributed by atoms with Gasteiger partial charge in [0.1, 0.15) is 6.61 Å². The highest BCUT2D eigenvalue weighted by Crippen LogP contribution is 2.29. The van der Waals surface area contributed by atoms with Crippen LogP contribution in [-0.4, -0.2) is 56.2 Å². The van der Waals surface area contributed by atoms with Crippen LogP contribution in [0.3, 0.4) is 0 Å². The quantitative estimate of drug-likeness (QED) is 0.772. The molecule has 0 bridgehead atoms. The second kappa shape index (κ2) is 9.78. The Balaban J connectivity index is 1.48. The molecule has 2 saturated heterocycles. The molecule has 2 fully saturated rings. The third-order valence-electron chi connectivity index (χ3n) is 5.45. The number of hydrogen-bond acceptors (Lipinski definition) is 5. The maximum absolute atomic E-state index is 12.4. The van der Waals surface area contributed by atoms with Gasteiger partial charge in [0.2, 0.25) is 11.8 Å². The average Bonchev–Trinajstić information content (AvgIpc) is 3.24. The molecule has 1 N–H and O–H groups in total. The fourth-order valence-corrected chi connectivity index (χ4v) is 3.69. The van der Waals surface area contributed by atoms with Crippen molar-refractivity contribution in [3.63, 3.8) is 0 Å². The summed E-state index contributed by atoms with van der Waals surface area (Å²) in [5.41, 5.74) is 0.954. The highest BCUT2D eigenvalue weighted by atomic mass is 16.5. The number of benzene rings is 1. The molecule has 1 aromatic rings. The van der Waals surface area contributed by atoms with E-state index < -0.39 is 0 Å². The lowest BCUT2D eigenvalue weighted by Crippen LogP contribution is -2.42. The lowest BCUT2D eigenvalue weighted by atomic mass is 9.96. The lowest BCUT2D eigenvalue weighted by molar-refractivity contribution is -0.134. The van der Waals surface area contributed by atoms with Crippen molar-refractivity contribution in [2.45, 2.75) is 45.3 Å². The van der Waals surface area contributed by atoms with Crippen LogP contribution < -0.4 is 14.8 Å². The Morgan fingerprint density at radius 1 is 1.21 bits per heavy atom. The lowest BCUT2D eigenvalue weighted by Gasteiger charge is -2.30. The summed E-state index contributed by atoms with van der Waals surface area (Å²) in [5.74, 6) is 1.42. The second-order valence-electron chi connectivity index (χ2n) is 7.43. The standard InChI is InChI=1S/C21H30N2O5/c1-15(24)23-9-7-17(8-10-23)21(25)22-13-16-5-6-19(20(12-16)26-2)28-14-18-4-3-11-27-18/h5-6,12,17-18H,3-4,7-11,13-14H2,1-2H3,(H,22,25)/t18-/m0/s1. The Hall–Kier alpha value is -2.28. The fraction of sp³-hybridized carbons (Fsp3) is 0.619. The third-order valence-corrected chi connectivity index (χ3v) is 5.45. The predicted molar refractivity (Wildman–Crippen MR) is 104 cm³/mol. The molecular formula is C21H30N2O5. The van der Waals surface area contributed by atoms with Crippen molar-refractivity contribution in [3.05, 3.63) is 23.8 Å². The van der Waals surface area contributed by atoms with Gasteiger partial charge in [-0.25, -0.2) is 0 Å².